The van der Waals surface area contributed by atoms with Crippen molar-refractivity contribution in [2.45, 2.75) is 33.1 Å². The van der Waals surface area contributed by atoms with Gasteiger partial charge in [0, 0.05) is 6.54 Å². The van der Waals surface area contributed by atoms with Crippen molar-refractivity contribution in [3.8, 4) is 5.75 Å². The summed E-state index contributed by atoms with van der Waals surface area (Å²) in [6.07, 6.45) is 3.67. The molecule has 96 valence electrons. The van der Waals surface area contributed by atoms with Crippen LogP contribution in [0.5, 0.6) is 5.75 Å². The van der Waals surface area contributed by atoms with Gasteiger partial charge in [-0.25, -0.2) is 4.39 Å². The number of nitrogens with one attached hydrogen (secondary N) is 1. The summed E-state index contributed by atoms with van der Waals surface area (Å²) in [5.41, 5.74) is 1.01. The lowest BCUT2D eigenvalue weighted by atomic mass is 10.2. The van der Waals surface area contributed by atoms with Crippen molar-refractivity contribution in [3.63, 3.8) is 0 Å². The first kappa shape index (κ1) is 14.0. The molecule has 0 spiro atoms. The molecule has 0 saturated carbocycles. The number of rotatable bonds is 8. The van der Waals surface area contributed by atoms with Gasteiger partial charge in [0.15, 0.2) is 11.6 Å². The monoisotopic (exact) mass is 239 g/mol. The van der Waals surface area contributed by atoms with Crippen molar-refractivity contribution in [2.75, 3.05) is 19.7 Å². The van der Waals surface area contributed by atoms with E-state index in [1.165, 1.54) is 25.3 Å². The predicted octanol–water partition coefficient (Wildman–Crippen LogP) is 3.29. The van der Waals surface area contributed by atoms with E-state index in [0.29, 0.717) is 12.4 Å². The normalized spacial score (nSPS) is 10.5. The summed E-state index contributed by atoms with van der Waals surface area (Å²) in [5, 5.41) is 3.28. The van der Waals surface area contributed by atoms with Crippen molar-refractivity contribution in [1.82, 2.24) is 5.32 Å². The van der Waals surface area contributed by atoms with E-state index in [0.717, 1.165) is 18.7 Å². The molecule has 0 heterocycles. The number of halogens is 1. The van der Waals surface area contributed by atoms with Gasteiger partial charge in [-0.05, 0) is 37.6 Å². The molecule has 0 aliphatic heterocycles. The van der Waals surface area contributed by atoms with Gasteiger partial charge in [0.1, 0.15) is 6.61 Å². The van der Waals surface area contributed by atoms with Gasteiger partial charge < -0.3 is 10.1 Å². The van der Waals surface area contributed by atoms with Gasteiger partial charge in [0.25, 0.3) is 0 Å². The number of benzene rings is 1. The molecule has 0 atom stereocenters. The van der Waals surface area contributed by atoms with E-state index in [-0.39, 0.29) is 5.82 Å². The summed E-state index contributed by atoms with van der Waals surface area (Å²) >= 11 is 0. The van der Waals surface area contributed by atoms with Crippen LogP contribution in [0.15, 0.2) is 18.2 Å². The van der Waals surface area contributed by atoms with Gasteiger partial charge in [-0.1, -0.05) is 25.8 Å². The molecule has 0 aromatic heterocycles. The quantitative estimate of drug-likeness (QED) is 0.703. The minimum Gasteiger partial charge on any atom is -0.489 e. The maximum absolute atomic E-state index is 13.3. The standard InChI is InChI=1S/C14H22FNO/c1-3-4-5-8-16-9-10-17-14-11-12(2)6-7-13(14)15/h6-7,11,16H,3-5,8-10H2,1-2H3. The van der Waals surface area contributed by atoms with Crippen LogP contribution in [0.4, 0.5) is 4.39 Å². The molecule has 2 nitrogen and oxygen atoms in total. The molecular weight excluding hydrogens is 217 g/mol. The van der Waals surface area contributed by atoms with Gasteiger partial charge in [-0.2, -0.15) is 0 Å². The number of hydrogen-bond donors (Lipinski definition) is 1. The SMILES string of the molecule is CCCCCNCCOc1cc(C)ccc1F. The lowest BCUT2D eigenvalue weighted by Gasteiger charge is -2.08. The molecule has 17 heavy (non-hydrogen) atoms. The van der Waals surface area contributed by atoms with Gasteiger partial charge in [0.2, 0.25) is 0 Å². The summed E-state index contributed by atoms with van der Waals surface area (Å²) in [7, 11) is 0. The Morgan fingerprint density at radius 1 is 1.24 bits per heavy atom. The summed E-state index contributed by atoms with van der Waals surface area (Å²) in [4.78, 5) is 0. The molecular formula is C14H22FNO. The molecule has 1 N–H and O–H groups in total. The molecule has 0 saturated heterocycles. The van der Waals surface area contributed by atoms with Crippen LogP contribution in [0.25, 0.3) is 0 Å². The van der Waals surface area contributed by atoms with Gasteiger partial charge in [0.05, 0.1) is 0 Å². The highest BCUT2D eigenvalue weighted by Gasteiger charge is 2.02. The van der Waals surface area contributed by atoms with E-state index in [9.17, 15) is 4.39 Å². The van der Waals surface area contributed by atoms with Gasteiger partial charge >= 0.3 is 0 Å². The van der Waals surface area contributed by atoms with Crippen molar-refractivity contribution in [2.24, 2.45) is 0 Å². The Labute approximate surface area is 103 Å². The van der Waals surface area contributed by atoms with Crippen molar-refractivity contribution in [1.29, 1.82) is 0 Å². The molecule has 0 fully saturated rings. The lowest BCUT2D eigenvalue weighted by Crippen LogP contribution is -2.22. The largest absolute Gasteiger partial charge is 0.489 e. The van der Waals surface area contributed by atoms with Gasteiger partial charge in [-0.15, -0.1) is 0 Å². The zero-order chi connectivity index (χ0) is 12.5. The minimum atomic E-state index is -0.290. The van der Waals surface area contributed by atoms with Crippen LogP contribution in [0.2, 0.25) is 0 Å². The molecule has 0 bridgehead atoms. The second-order valence-electron chi connectivity index (χ2n) is 4.24. The summed E-state index contributed by atoms with van der Waals surface area (Å²) in [5.74, 6) is 0.0574. The van der Waals surface area contributed by atoms with Crippen LogP contribution in [0, 0.1) is 12.7 Å². The molecule has 0 radical (unpaired) electrons. The summed E-state index contributed by atoms with van der Waals surface area (Å²) in [6, 6.07) is 4.91. The Kier molecular flexibility index (Phi) is 6.63. The fraction of sp³-hybridized carbons (Fsp3) is 0.571. The molecule has 1 aromatic rings. The third-order valence-electron chi connectivity index (χ3n) is 2.58. The van der Waals surface area contributed by atoms with Crippen molar-refractivity contribution in [3.05, 3.63) is 29.6 Å². The Bertz CT molecular complexity index is 328. The number of hydrogen-bond acceptors (Lipinski definition) is 2. The first-order valence-corrected chi connectivity index (χ1v) is 6.33. The Morgan fingerprint density at radius 2 is 2.06 bits per heavy atom. The molecule has 1 aromatic carbocycles. The zero-order valence-electron chi connectivity index (χ0n) is 10.8. The first-order valence-electron chi connectivity index (χ1n) is 6.33. The highest BCUT2D eigenvalue weighted by Crippen LogP contribution is 2.17. The fourth-order valence-corrected chi connectivity index (χ4v) is 1.58. The maximum Gasteiger partial charge on any atom is 0.165 e. The fourth-order valence-electron chi connectivity index (χ4n) is 1.58. The number of ether oxygens (including phenoxy) is 1. The molecule has 3 heteroatoms. The molecule has 0 aliphatic rings. The highest BCUT2D eigenvalue weighted by atomic mass is 19.1. The lowest BCUT2D eigenvalue weighted by molar-refractivity contribution is 0.298. The molecule has 0 amide bonds. The minimum absolute atomic E-state index is 0.290. The zero-order valence-corrected chi connectivity index (χ0v) is 10.8. The van der Waals surface area contributed by atoms with E-state index in [1.54, 1.807) is 12.1 Å². The smallest absolute Gasteiger partial charge is 0.165 e. The van der Waals surface area contributed by atoms with Crippen LogP contribution in [0.3, 0.4) is 0 Å². The predicted molar refractivity (Wildman–Crippen MR) is 69.0 cm³/mol. The van der Waals surface area contributed by atoms with E-state index in [1.807, 2.05) is 6.92 Å². The Balaban J connectivity index is 2.15. The topological polar surface area (TPSA) is 21.3 Å². The number of unbranched alkanes of at least 4 members (excludes halogenated alkanes) is 2. The van der Waals surface area contributed by atoms with E-state index in [2.05, 4.69) is 12.2 Å². The molecule has 1 rings (SSSR count). The van der Waals surface area contributed by atoms with E-state index < -0.39 is 0 Å². The van der Waals surface area contributed by atoms with Crippen LogP contribution >= 0.6 is 0 Å². The van der Waals surface area contributed by atoms with Crippen LogP contribution in [-0.4, -0.2) is 19.7 Å². The first-order chi connectivity index (χ1) is 8.24. The summed E-state index contributed by atoms with van der Waals surface area (Å²) in [6.45, 7) is 6.38. The van der Waals surface area contributed by atoms with Crippen LogP contribution in [-0.2, 0) is 0 Å². The van der Waals surface area contributed by atoms with Crippen molar-refractivity contribution >= 4 is 0 Å². The van der Waals surface area contributed by atoms with Gasteiger partial charge in [-0.3, -0.25) is 0 Å². The average Bonchev–Trinajstić information content (AvgIpc) is 2.32. The van der Waals surface area contributed by atoms with E-state index >= 15 is 0 Å². The molecule has 0 aliphatic carbocycles. The third kappa shape index (κ3) is 5.68. The maximum atomic E-state index is 13.3. The van der Waals surface area contributed by atoms with Crippen LogP contribution in [0.1, 0.15) is 31.7 Å². The second kappa shape index (κ2) is 8.07. The second-order valence-corrected chi connectivity index (χ2v) is 4.24. The summed E-state index contributed by atoms with van der Waals surface area (Å²) < 4.78 is 18.7. The number of aryl methyl sites for hydroxylation is 1. The Hall–Kier alpha value is -1.09. The highest BCUT2D eigenvalue weighted by molar-refractivity contribution is 5.29. The third-order valence-corrected chi connectivity index (χ3v) is 2.58. The van der Waals surface area contributed by atoms with E-state index in [4.69, 9.17) is 4.74 Å². The average molecular weight is 239 g/mol. The Morgan fingerprint density at radius 3 is 2.82 bits per heavy atom. The van der Waals surface area contributed by atoms with Crippen molar-refractivity contribution < 1.29 is 9.13 Å². The molecule has 0 unspecified atom stereocenters. The van der Waals surface area contributed by atoms with Crippen LogP contribution < -0.4 is 10.1 Å².